The van der Waals surface area contributed by atoms with E-state index in [2.05, 4.69) is 18.7 Å². The molecular weight excluding hydrogens is 260 g/mol. The van der Waals surface area contributed by atoms with Gasteiger partial charge in [0.15, 0.2) is 0 Å². The van der Waals surface area contributed by atoms with Crippen LogP contribution in [0.25, 0.3) is 0 Å². The van der Waals surface area contributed by atoms with Crippen molar-refractivity contribution < 1.29 is 43.5 Å². The van der Waals surface area contributed by atoms with Gasteiger partial charge in [-0.2, -0.15) is 0 Å². The van der Waals surface area contributed by atoms with Crippen molar-refractivity contribution in [1.82, 2.24) is 4.90 Å². The van der Waals surface area contributed by atoms with E-state index in [1.807, 2.05) is 0 Å². The second kappa shape index (κ2) is 13.1. The minimum Gasteiger partial charge on any atom is -0.778 e. The molecule has 1 atom stereocenters. The quantitative estimate of drug-likeness (QED) is 0.379. The predicted octanol–water partition coefficient (Wildman–Crippen LogP) is -0.517. The Bertz CT molecular complexity index is 221. The van der Waals surface area contributed by atoms with Gasteiger partial charge in [-0.1, -0.05) is 26.7 Å². The van der Waals surface area contributed by atoms with E-state index in [9.17, 15) is 9.46 Å². The van der Waals surface area contributed by atoms with Gasteiger partial charge in [-0.15, -0.1) is 0 Å². The first kappa shape index (κ1) is 21.4. The van der Waals surface area contributed by atoms with Gasteiger partial charge in [0.1, 0.15) is 7.60 Å². The van der Waals surface area contributed by atoms with E-state index in [1.54, 1.807) is 6.92 Å². The van der Waals surface area contributed by atoms with Crippen LogP contribution in [-0.2, 0) is 9.09 Å². The van der Waals surface area contributed by atoms with Gasteiger partial charge in [-0.05, 0) is 32.9 Å². The zero-order valence-electron chi connectivity index (χ0n) is 12.5. The Morgan fingerprint density at radius 3 is 1.94 bits per heavy atom. The monoisotopic (exact) mass is 287 g/mol. The second-order valence-corrected chi connectivity index (χ2v) is 6.23. The van der Waals surface area contributed by atoms with Crippen molar-refractivity contribution >= 4 is 7.60 Å². The Morgan fingerprint density at radius 1 is 1.06 bits per heavy atom. The zero-order valence-corrected chi connectivity index (χ0v) is 15.4. The van der Waals surface area contributed by atoms with E-state index < -0.39 is 7.60 Å². The third-order valence-electron chi connectivity index (χ3n) is 2.67. The van der Waals surface area contributed by atoms with Crippen LogP contribution in [-0.4, -0.2) is 37.3 Å². The molecule has 0 bridgehead atoms. The summed E-state index contributed by atoms with van der Waals surface area (Å²) in [5.74, 6) is 0. The molecule has 0 N–H and O–H groups in total. The summed E-state index contributed by atoms with van der Waals surface area (Å²) in [5, 5.41) is 0. The number of unbranched alkanes of at least 4 members (excludes halogenated alkanes) is 2. The molecule has 0 fully saturated rings. The first-order chi connectivity index (χ1) is 8.05. The first-order valence-electron chi connectivity index (χ1n) is 6.72. The molecule has 0 aliphatic carbocycles. The second-order valence-electron chi connectivity index (χ2n) is 4.30. The van der Waals surface area contributed by atoms with E-state index in [-0.39, 0.29) is 42.3 Å². The normalized spacial score (nSPS) is 14.3. The molecule has 0 radical (unpaired) electrons. The fourth-order valence-electron chi connectivity index (χ4n) is 1.62. The number of rotatable bonds is 11. The van der Waals surface area contributed by atoms with Crippen LogP contribution in [0.5, 0.6) is 0 Å². The van der Waals surface area contributed by atoms with Crippen LogP contribution < -0.4 is 34.5 Å². The summed E-state index contributed by atoms with van der Waals surface area (Å²) in [5.41, 5.74) is 0. The van der Waals surface area contributed by atoms with E-state index in [0.29, 0.717) is 6.54 Å². The molecule has 0 rings (SSSR count). The van der Waals surface area contributed by atoms with E-state index in [1.165, 1.54) is 0 Å². The Hall–Kier alpha value is 1.11. The van der Waals surface area contributed by atoms with Crippen LogP contribution in [0.4, 0.5) is 0 Å². The van der Waals surface area contributed by atoms with Gasteiger partial charge in [0.25, 0.3) is 0 Å². The van der Waals surface area contributed by atoms with Gasteiger partial charge >= 0.3 is 29.6 Å². The van der Waals surface area contributed by atoms with E-state index in [0.717, 1.165) is 38.8 Å². The molecule has 0 aromatic carbocycles. The van der Waals surface area contributed by atoms with Crippen molar-refractivity contribution in [3.05, 3.63) is 0 Å². The van der Waals surface area contributed by atoms with Crippen molar-refractivity contribution in [1.29, 1.82) is 0 Å². The van der Waals surface area contributed by atoms with Crippen molar-refractivity contribution in [2.24, 2.45) is 0 Å². The van der Waals surface area contributed by atoms with Gasteiger partial charge in [-0.3, -0.25) is 0 Å². The molecule has 0 aromatic heterocycles. The van der Waals surface area contributed by atoms with Crippen LogP contribution in [0, 0.1) is 0 Å². The van der Waals surface area contributed by atoms with Gasteiger partial charge in [0.05, 0.1) is 6.61 Å². The van der Waals surface area contributed by atoms with Crippen LogP contribution >= 0.6 is 7.60 Å². The van der Waals surface area contributed by atoms with Gasteiger partial charge < -0.3 is 18.9 Å². The standard InChI is InChI=1S/C12H28NO3P.Na/c1-4-7-9-13(10-8-5-2)11-12-17(14,15)16-6-3;/h4-12H2,1-3H3,(H,14,15);/q;+1/p-1. The molecule has 0 heterocycles. The molecule has 0 aliphatic rings. The maximum absolute atomic E-state index is 11.5. The Balaban J connectivity index is 0. The summed E-state index contributed by atoms with van der Waals surface area (Å²) in [6, 6.07) is 0. The Labute approximate surface area is 134 Å². The molecule has 4 nitrogen and oxygen atoms in total. The van der Waals surface area contributed by atoms with Gasteiger partial charge in [-0.25, -0.2) is 0 Å². The average molecular weight is 287 g/mol. The van der Waals surface area contributed by atoms with Crippen LogP contribution in [0.1, 0.15) is 46.5 Å². The van der Waals surface area contributed by atoms with Crippen molar-refractivity contribution in [3.63, 3.8) is 0 Å². The minimum atomic E-state index is -3.60. The predicted molar refractivity (Wildman–Crippen MR) is 70.4 cm³/mol. The smallest absolute Gasteiger partial charge is 0.778 e. The summed E-state index contributed by atoms with van der Waals surface area (Å²) < 4.78 is 16.2. The maximum Gasteiger partial charge on any atom is 1.00 e. The summed E-state index contributed by atoms with van der Waals surface area (Å²) in [6.07, 6.45) is 4.67. The summed E-state index contributed by atoms with van der Waals surface area (Å²) in [6.45, 7) is 8.82. The fourth-order valence-corrected chi connectivity index (χ4v) is 2.67. The van der Waals surface area contributed by atoms with Gasteiger partial charge in [0.2, 0.25) is 0 Å². The molecule has 0 aliphatic heterocycles. The number of nitrogens with zero attached hydrogens (tertiary/aromatic N) is 1. The maximum atomic E-state index is 11.5. The van der Waals surface area contributed by atoms with Crippen LogP contribution in [0.3, 0.4) is 0 Å². The minimum absolute atomic E-state index is 0. The first-order valence-corrected chi connectivity index (χ1v) is 8.45. The average Bonchev–Trinajstić information content (AvgIpc) is 2.28. The van der Waals surface area contributed by atoms with Crippen LogP contribution in [0.15, 0.2) is 0 Å². The SMILES string of the molecule is CCCCN(CCCC)CCP(=O)([O-])OCC.[Na+]. The molecule has 18 heavy (non-hydrogen) atoms. The molecule has 0 spiro atoms. The van der Waals surface area contributed by atoms with Gasteiger partial charge in [0, 0.05) is 12.7 Å². The fraction of sp³-hybridized carbons (Fsp3) is 1.00. The summed E-state index contributed by atoms with van der Waals surface area (Å²) in [4.78, 5) is 13.7. The molecule has 6 heteroatoms. The molecule has 1 unspecified atom stereocenters. The molecule has 0 aromatic rings. The molecule has 104 valence electrons. The van der Waals surface area contributed by atoms with Crippen molar-refractivity contribution in [3.8, 4) is 0 Å². The topological polar surface area (TPSA) is 52.6 Å². The molecule has 0 amide bonds. The molecular formula is C12H27NNaO3P. The van der Waals surface area contributed by atoms with E-state index in [4.69, 9.17) is 4.52 Å². The van der Waals surface area contributed by atoms with Crippen LogP contribution in [0.2, 0.25) is 0 Å². The summed E-state index contributed by atoms with van der Waals surface area (Å²) in [7, 11) is -3.60. The zero-order chi connectivity index (χ0) is 13.1. The molecule has 0 saturated heterocycles. The largest absolute Gasteiger partial charge is 1.00 e. The Morgan fingerprint density at radius 2 is 1.56 bits per heavy atom. The number of hydrogen-bond acceptors (Lipinski definition) is 4. The third-order valence-corrected chi connectivity index (χ3v) is 4.07. The third kappa shape index (κ3) is 12.2. The number of hydrogen-bond donors (Lipinski definition) is 0. The summed E-state index contributed by atoms with van der Waals surface area (Å²) >= 11 is 0. The molecule has 0 saturated carbocycles. The van der Waals surface area contributed by atoms with E-state index >= 15 is 0 Å². The van der Waals surface area contributed by atoms with Crippen molar-refractivity contribution in [2.75, 3.05) is 32.4 Å². The van der Waals surface area contributed by atoms with Crippen molar-refractivity contribution in [2.45, 2.75) is 46.5 Å². The Kier molecular flexibility index (Phi) is 15.6.